The van der Waals surface area contributed by atoms with Gasteiger partial charge in [-0.15, -0.1) is 0 Å². The van der Waals surface area contributed by atoms with Gasteiger partial charge in [0.05, 0.1) is 13.7 Å². The lowest BCUT2D eigenvalue weighted by Gasteiger charge is -2.16. The van der Waals surface area contributed by atoms with Crippen molar-refractivity contribution in [3.05, 3.63) is 86.8 Å². The Kier molecular flexibility index (Phi) is 6.22. The van der Waals surface area contributed by atoms with E-state index in [0.717, 1.165) is 63.7 Å². The molecule has 3 aromatic carbocycles. The van der Waals surface area contributed by atoms with E-state index < -0.39 is 0 Å². The number of nitrogens with zero attached hydrogens (tertiary/aromatic N) is 1. The van der Waals surface area contributed by atoms with Crippen LogP contribution in [-0.4, -0.2) is 26.0 Å². The summed E-state index contributed by atoms with van der Waals surface area (Å²) in [6.07, 6.45) is 1.69. The van der Waals surface area contributed by atoms with E-state index in [4.69, 9.17) is 16.3 Å². The summed E-state index contributed by atoms with van der Waals surface area (Å²) in [5.74, 6) is 1.82. The highest BCUT2D eigenvalue weighted by Gasteiger charge is 2.16. The lowest BCUT2D eigenvalue weighted by molar-refractivity contribution is 0.416. The molecular formula is C24H22BrClN2O. The summed E-state index contributed by atoms with van der Waals surface area (Å²) in [6.45, 7) is 1.69. The average molecular weight is 470 g/mol. The average Bonchev–Trinajstić information content (AvgIpc) is 3.27. The summed E-state index contributed by atoms with van der Waals surface area (Å²) < 4.78 is 6.66. The third kappa shape index (κ3) is 4.34. The number of ether oxygens (including phenoxy) is 1. The molecule has 0 atom stereocenters. The third-order valence-corrected chi connectivity index (χ3v) is 6.00. The summed E-state index contributed by atoms with van der Waals surface area (Å²) in [4.78, 5) is 4.59. The minimum Gasteiger partial charge on any atom is -0.496 e. The molecule has 0 radical (unpaired) electrons. The summed E-state index contributed by atoms with van der Waals surface area (Å²) in [7, 11) is 1.71. The van der Waals surface area contributed by atoms with Crippen molar-refractivity contribution in [2.24, 2.45) is 4.99 Å². The molecule has 1 aliphatic rings. The SMILES string of the molecule is COc1ccccc1-c1ccc(Br)cc1CCc1c(Cl)cccc1C1=NCCN1. The molecule has 4 rings (SSSR count). The standard InChI is InChI=1S/C24H22BrClN2O/c1-29-23-8-3-2-5-20(23)18-12-10-17(25)15-16(18)9-11-19-21(6-4-7-22(19)26)24-27-13-14-28-24/h2-8,10,12,15H,9,11,13-14H2,1H3,(H,27,28). The fourth-order valence-corrected chi connectivity index (χ4v) is 4.45. The van der Waals surface area contributed by atoms with Crippen molar-refractivity contribution in [2.75, 3.05) is 20.2 Å². The number of para-hydroxylation sites is 1. The summed E-state index contributed by atoms with van der Waals surface area (Å²) in [6, 6.07) is 20.6. The minimum atomic E-state index is 0.785. The number of hydrogen-bond acceptors (Lipinski definition) is 3. The second-order valence-electron chi connectivity index (χ2n) is 6.92. The van der Waals surface area contributed by atoms with Crippen LogP contribution in [0.15, 0.2) is 70.1 Å². The maximum atomic E-state index is 6.60. The third-order valence-electron chi connectivity index (χ3n) is 5.16. The molecule has 0 unspecified atom stereocenters. The molecule has 0 aromatic heterocycles. The van der Waals surface area contributed by atoms with Crippen LogP contribution in [0.1, 0.15) is 16.7 Å². The molecule has 148 valence electrons. The number of benzene rings is 3. The first-order chi connectivity index (χ1) is 14.2. The molecular weight excluding hydrogens is 448 g/mol. The topological polar surface area (TPSA) is 33.6 Å². The Bertz CT molecular complexity index is 1060. The minimum absolute atomic E-state index is 0.785. The second-order valence-corrected chi connectivity index (χ2v) is 8.25. The fourth-order valence-electron chi connectivity index (χ4n) is 3.77. The number of aryl methyl sites for hydroxylation is 1. The molecule has 0 saturated heterocycles. The Labute approximate surface area is 184 Å². The van der Waals surface area contributed by atoms with Crippen LogP contribution in [0.3, 0.4) is 0 Å². The van der Waals surface area contributed by atoms with Gasteiger partial charge >= 0.3 is 0 Å². The van der Waals surface area contributed by atoms with E-state index in [9.17, 15) is 0 Å². The first kappa shape index (κ1) is 20.0. The predicted molar refractivity (Wildman–Crippen MR) is 124 cm³/mol. The number of amidine groups is 1. The van der Waals surface area contributed by atoms with Gasteiger partial charge in [0.1, 0.15) is 11.6 Å². The van der Waals surface area contributed by atoms with Gasteiger partial charge in [0.25, 0.3) is 0 Å². The molecule has 3 nitrogen and oxygen atoms in total. The van der Waals surface area contributed by atoms with Gasteiger partial charge in [0.2, 0.25) is 0 Å². The number of rotatable bonds is 6. The largest absolute Gasteiger partial charge is 0.496 e. The molecule has 0 fully saturated rings. The molecule has 1 N–H and O–H groups in total. The van der Waals surface area contributed by atoms with Gasteiger partial charge in [0.15, 0.2) is 0 Å². The molecule has 0 amide bonds. The van der Waals surface area contributed by atoms with Crippen molar-refractivity contribution in [1.82, 2.24) is 5.32 Å². The van der Waals surface area contributed by atoms with E-state index in [1.165, 1.54) is 11.1 Å². The van der Waals surface area contributed by atoms with Crippen molar-refractivity contribution >= 4 is 33.4 Å². The van der Waals surface area contributed by atoms with Gasteiger partial charge in [-0.25, -0.2) is 0 Å². The van der Waals surface area contributed by atoms with E-state index in [0.29, 0.717) is 0 Å². The Morgan fingerprint density at radius 2 is 1.83 bits per heavy atom. The molecule has 0 spiro atoms. The van der Waals surface area contributed by atoms with Crippen molar-refractivity contribution in [3.63, 3.8) is 0 Å². The van der Waals surface area contributed by atoms with Crippen molar-refractivity contribution in [2.45, 2.75) is 12.8 Å². The Hall–Kier alpha value is -2.30. The van der Waals surface area contributed by atoms with Crippen LogP contribution in [-0.2, 0) is 12.8 Å². The van der Waals surface area contributed by atoms with Crippen LogP contribution in [0, 0.1) is 0 Å². The normalized spacial score (nSPS) is 13.1. The highest BCUT2D eigenvalue weighted by atomic mass is 79.9. The summed E-state index contributed by atoms with van der Waals surface area (Å²) in [5.41, 5.74) is 5.75. The van der Waals surface area contributed by atoms with E-state index >= 15 is 0 Å². The van der Waals surface area contributed by atoms with Gasteiger partial charge in [-0.2, -0.15) is 0 Å². The van der Waals surface area contributed by atoms with Crippen molar-refractivity contribution in [3.8, 4) is 16.9 Å². The molecule has 0 saturated carbocycles. The zero-order valence-corrected chi connectivity index (χ0v) is 18.6. The number of hydrogen-bond donors (Lipinski definition) is 1. The number of halogens is 2. The Morgan fingerprint density at radius 1 is 1.00 bits per heavy atom. The number of nitrogens with one attached hydrogen (secondary N) is 1. The van der Waals surface area contributed by atoms with Crippen LogP contribution in [0.2, 0.25) is 5.02 Å². The van der Waals surface area contributed by atoms with Crippen LogP contribution in [0.25, 0.3) is 11.1 Å². The smallest absolute Gasteiger partial charge is 0.128 e. The second kappa shape index (κ2) is 9.02. The molecule has 29 heavy (non-hydrogen) atoms. The fraction of sp³-hybridized carbons (Fsp3) is 0.208. The monoisotopic (exact) mass is 468 g/mol. The van der Waals surface area contributed by atoms with E-state index in [2.05, 4.69) is 56.6 Å². The first-order valence-electron chi connectivity index (χ1n) is 9.65. The molecule has 5 heteroatoms. The molecule has 3 aromatic rings. The van der Waals surface area contributed by atoms with Gasteiger partial charge in [0, 0.05) is 27.2 Å². The predicted octanol–water partition coefficient (Wildman–Crippen LogP) is 5.91. The van der Waals surface area contributed by atoms with E-state index in [-0.39, 0.29) is 0 Å². The lowest BCUT2D eigenvalue weighted by atomic mass is 9.93. The lowest BCUT2D eigenvalue weighted by Crippen LogP contribution is -2.21. The van der Waals surface area contributed by atoms with Crippen LogP contribution in [0.4, 0.5) is 0 Å². The zero-order valence-electron chi connectivity index (χ0n) is 16.2. The molecule has 1 heterocycles. The highest BCUT2D eigenvalue weighted by molar-refractivity contribution is 9.10. The first-order valence-corrected chi connectivity index (χ1v) is 10.8. The highest BCUT2D eigenvalue weighted by Crippen LogP contribution is 2.34. The van der Waals surface area contributed by atoms with Crippen LogP contribution < -0.4 is 10.1 Å². The maximum Gasteiger partial charge on any atom is 0.128 e. The van der Waals surface area contributed by atoms with Gasteiger partial charge in [-0.1, -0.05) is 63.9 Å². The van der Waals surface area contributed by atoms with Crippen LogP contribution in [0.5, 0.6) is 5.75 Å². The van der Waals surface area contributed by atoms with Gasteiger partial charge in [-0.3, -0.25) is 4.99 Å². The van der Waals surface area contributed by atoms with Crippen LogP contribution >= 0.6 is 27.5 Å². The van der Waals surface area contributed by atoms with Gasteiger partial charge in [-0.05, 0) is 53.8 Å². The Balaban J connectivity index is 1.69. The summed E-state index contributed by atoms with van der Waals surface area (Å²) >= 11 is 10.2. The van der Waals surface area contributed by atoms with Crippen molar-refractivity contribution in [1.29, 1.82) is 0 Å². The van der Waals surface area contributed by atoms with Crippen molar-refractivity contribution < 1.29 is 4.74 Å². The van der Waals surface area contributed by atoms with Gasteiger partial charge < -0.3 is 10.1 Å². The molecule has 0 bridgehead atoms. The maximum absolute atomic E-state index is 6.60. The number of methoxy groups -OCH3 is 1. The van der Waals surface area contributed by atoms with E-state index in [1.54, 1.807) is 7.11 Å². The van der Waals surface area contributed by atoms with E-state index in [1.807, 2.05) is 30.3 Å². The Morgan fingerprint density at radius 3 is 2.62 bits per heavy atom. The summed E-state index contributed by atoms with van der Waals surface area (Å²) in [5, 5.41) is 4.15. The molecule has 1 aliphatic heterocycles. The molecule has 0 aliphatic carbocycles. The quantitative estimate of drug-likeness (QED) is 0.487. The number of aliphatic imine (C=N–C) groups is 1. The zero-order chi connectivity index (χ0) is 20.2.